The molecule has 1 fully saturated rings. The van der Waals surface area contributed by atoms with Crippen LogP contribution in [-0.2, 0) is 19.7 Å². The van der Waals surface area contributed by atoms with Crippen LogP contribution in [0.25, 0.3) is 0 Å². The van der Waals surface area contributed by atoms with Gasteiger partial charge in [-0.1, -0.05) is 34.8 Å². The molecule has 15 heteroatoms. The quantitative estimate of drug-likeness (QED) is 0.262. The number of likely N-dealkylation sites (tertiary alicyclic amines) is 1. The zero-order chi connectivity index (χ0) is 28.4. The molecule has 0 amide bonds. The molecular weight excluding hydrogens is 569 g/mol. The van der Waals surface area contributed by atoms with Crippen molar-refractivity contribution in [3.05, 3.63) is 70.6 Å². The van der Waals surface area contributed by atoms with Gasteiger partial charge in [-0.2, -0.15) is 21.6 Å². The molecule has 1 atom stereocenters. The Labute approximate surface area is 224 Å². The van der Waals surface area contributed by atoms with Gasteiger partial charge in [0.1, 0.15) is 11.9 Å². The Bertz CT molecular complexity index is 1370. The number of rotatable bonds is 8. The van der Waals surface area contributed by atoms with Crippen molar-refractivity contribution in [1.82, 2.24) is 9.88 Å². The molecule has 1 saturated heterocycles. The molecule has 0 spiro atoms. The molecule has 210 valence electrons. The molecule has 0 bridgehead atoms. The first-order chi connectivity index (χ1) is 18.4. The van der Waals surface area contributed by atoms with Gasteiger partial charge in [0.05, 0.1) is 5.51 Å². The van der Waals surface area contributed by atoms with E-state index >= 15 is 0 Å². The molecule has 3 aromatic rings. The van der Waals surface area contributed by atoms with Crippen molar-refractivity contribution < 1.29 is 44.7 Å². The second kappa shape index (κ2) is 11.4. The Hall–Kier alpha value is -3.30. The Morgan fingerprint density at radius 2 is 1.74 bits per heavy atom. The van der Waals surface area contributed by atoms with Crippen LogP contribution in [0.3, 0.4) is 0 Å². The fraction of sp³-hybridized carbons (Fsp3) is 0.333. The number of carbonyl (C=O) groups is 1. The van der Waals surface area contributed by atoms with Gasteiger partial charge in [-0.15, -0.1) is 11.3 Å². The molecule has 1 aliphatic heterocycles. The topological polar surface area (TPSA) is 89.0 Å². The van der Waals surface area contributed by atoms with Crippen molar-refractivity contribution in [1.29, 1.82) is 0 Å². The summed E-state index contributed by atoms with van der Waals surface area (Å²) in [5.74, 6) is -7.32. The fourth-order valence-electron chi connectivity index (χ4n) is 4.09. The highest BCUT2D eigenvalue weighted by atomic mass is 32.2. The first-order valence-electron chi connectivity index (χ1n) is 11.5. The number of ether oxygens (including phenoxy) is 1. The summed E-state index contributed by atoms with van der Waals surface area (Å²) in [6.07, 6.45) is -4.94. The van der Waals surface area contributed by atoms with Crippen LogP contribution in [-0.4, -0.2) is 49.6 Å². The number of carbonyl (C=O) groups excluding carboxylic acids is 1. The molecule has 1 aromatic heterocycles. The van der Waals surface area contributed by atoms with Crippen molar-refractivity contribution in [2.75, 3.05) is 17.6 Å². The number of anilines is 1. The molecule has 0 N–H and O–H groups in total. The van der Waals surface area contributed by atoms with E-state index in [9.17, 15) is 35.2 Å². The van der Waals surface area contributed by atoms with E-state index in [1.165, 1.54) is 0 Å². The third-order valence-corrected chi connectivity index (χ3v) is 8.24. The molecule has 8 nitrogen and oxygen atoms in total. The van der Waals surface area contributed by atoms with Crippen LogP contribution in [0.1, 0.15) is 31.4 Å². The second-order valence-corrected chi connectivity index (χ2v) is 11.0. The predicted octanol–water partition coefficient (Wildman–Crippen LogP) is 5.24. The van der Waals surface area contributed by atoms with Crippen molar-refractivity contribution in [3.63, 3.8) is 0 Å². The second-order valence-electron chi connectivity index (χ2n) is 8.61. The van der Waals surface area contributed by atoms with Gasteiger partial charge in [0.15, 0.2) is 22.3 Å². The van der Waals surface area contributed by atoms with Crippen LogP contribution < -0.4 is 9.21 Å². The van der Waals surface area contributed by atoms with Crippen LogP contribution >= 0.6 is 11.3 Å². The third-order valence-electron chi connectivity index (χ3n) is 6.06. The van der Waals surface area contributed by atoms with E-state index in [-0.39, 0.29) is 11.8 Å². The lowest BCUT2D eigenvalue weighted by molar-refractivity contribution is -0.199. The average molecular weight is 592 g/mol. The molecule has 4 rings (SSSR count). The smallest absolute Gasteiger partial charge is 0.490 e. The Morgan fingerprint density at radius 1 is 1.13 bits per heavy atom. The first-order valence-corrected chi connectivity index (χ1v) is 13.9. The number of hydrogen-bond acceptors (Lipinski definition) is 8. The summed E-state index contributed by atoms with van der Waals surface area (Å²) in [6, 6.07) is 11.2. The lowest BCUT2D eigenvalue weighted by Gasteiger charge is -2.36. The van der Waals surface area contributed by atoms with Crippen LogP contribution in [0.4, 0.5) is 27.8 Å². The van der Waals surface area contributed by atoms with Crippen LogP contribution in [0.15, 0.2) is 58.3 Å². The number of piperidine rings is 1. The number of alkyl halides is 3. The molecule has 0 aliphatic carbocycles. The monoisotopic (exact) mass is 591 g/mol. The highest BCUT2D eigenvalue weighted by Crippen LogP contribution is 2.33. The predicted molar refractivity (Wildman–Crippen MR) is 130 cm³/mol. The van der Waals surface area contributed by atoms with Crippen molar-refractivity contribution in [3.8, 4) is 5.75 Å². The number of halogens is 5. The number of sulfonamides is 1. The van der Waals surface area contributed by atoms with E-state index < -0.39 is 55.1 Å². The van der Waals surface area contributed by atoms with Crippen LogP contribution in [0.5, 0.6) is 5.75 Å². The highest BCUT2D eigenvalue weighted by molar-refractivity contribution is 7.92. The molecule has 39 heavy (non-hydrogen) atoms. The molecule has 0 unspecified atom stereocenters. The average Bonchev–Trinajstić information content (AvgIpc) is 3.41. The minimum absolute atomic E-state index is 0.152. The molecule has 0 saturated carbocycles. The summed E-state index contributed by atoms with van der Waals surface area (Å²) in [7, 11) is -5.51. The van der Waals surface area contributed by atoms with Gasteiger partial charge in [0, 0.05) is 36.6 Å². The maximum Gasteiger partial charge on any atom is 0.493 e. The summed E-state index contributed by atoms with van der Waals surface area (Å²) >= 11 is 0.744. The molecule has 0 radical (unpaired) electrons. The first kappa shape index (κ1) is 28.7. The van der Waals surface area contributed by atoms with Gasteiger partial charge in [0.25, 0.3) is 0 Å². The number of nitrogens with zero attached hydrogens (tertiary/aromatic N) is 3. The van der Waals surface area contributed by atoms with Crippen molar-refractivity contribution in [2.45, 2.75) is 43.0 Å². The Kier molecular flexibility index (Phi) is 8.42. The van der Waals surface area contributed by atoms with Gasteiger partial charge in [-0.05, 0) is 25.3 Å². The van der Waals surface area contributed by atoms with Gasteiger partial charge in [-0.3, -0.25) is 4.90 Å². The summed E-state index contributed by atoms with van der Waals surface area (Å²) in [4.78, 5) is 19.4. The highest BCUT2D eigenvalue weighted by Gasteiger charge is 2.46. The van der Waals surface area contributed by atoms with E-state index in [1.54, 1.807) is 0 Å². The Balaban J connectivity index is 1.50. The van der Waals surface area contributed by atoms with Gasteiger partial charge in [0.2, 0.25) is 0 Å². The van der Waals surface area contributed by atoms with Crippen molar-refractivity contribution in [2.24, 2.45) is 0 Å². The normalized spacial score (nSPS) is 16.1. The van der Waals surface area contributed by atoms with E-state index in [2.05, 4.69) is 21.6 Å². The molecule has 2 heterocycles. The molecule has 1 aliphatic rings. The van der Waals surface area contributed by atoms with Crippen LogP contribution in [0, 0.1) is 11.6 Å². The lowest BCUT2D eigenvalue weighted by atomic mass is 10.0. The summed E-state index contributed by atoms with van der Waals surface area (Å²) < 4.78 is 99.3. The van der Waals surface area contributed by atoms with Crippen LogP contribution in [0.2, 0.25) is 0 Å². The maximum absolute atomic E-state index is 15.0. The van der Waals surface area contributed by atoms with E-state index in [0.29, 0.717) is 38.1 Å². The zero-order valence-electron chi connectivity index (χ0n) is 20.3. The summed E-state index contributed by atoms with van der Waals surface area (Å²) in [5.41, 5.74) is 2.17. The maximum atomic E-state index is 15.0. The largest absolute Gasteiger partial charge is 0.493 e. The summed E-state index contributed by atoms with van der Waals surface area (Å²) in [6.45, 7) is 3.36. The number of thiazole rings is 1. The number of benzene rings is 2. The molecular formula is C24H22F5N3O5S2. The van der Waals surface area contributed by atoms with Gasteiger partial charge in [-0.25, -0.2) is 18.6 Å². The SMILES string of the molecule is C[C@H](c1ccccc1)N1CCC(Oc2cc(F)c(S(=O)(=O)N(OC(=O)C(F)(F)F)c3cscn3)c(F)c2)CC1. The van der Waals surface area contributed by atoms with Crippen molar-refractivity contribution >= 4 is 33.1 Å². The minimum Gasteiger partial charge on any atom is -0.490 e. The fourth-order valence-corrected chi connectivity index (χ4v) is 5.96. The number of aromatic nitrogens is 1. The number of hydrogen-bond donors (Lipinski definition) is 0. The van der Waals surface area contributed by atoms with E-state index in [1.807, 2.05) is 30.3 Å². The van der Waals surface area contributed by atoms with Gasteiger partial charge < -0.3 is 9.57 Å². The van der Waals surface area contributed by atoms with E-state index in [4.69, 9.17) is 4.74 Å². The van der Waals surface area contributed by atoms with Gasteiger partial charge >= 0.3 is 22.2 Å². The standard InChI is InChI=1S/C24H22F5N3O5S2/c1-15(16-5-3-2-4-6-16)31-9-7-17(8-10-31)36-18-11-19(25)22(20(26)12-18)39(34,35)32(21-13-38-14-30-21)37-23(33)24(27,28)29/h2-6,11-15,17H,7-10H2,1H3/t15-/m1/s1. The Morgan fingerprint density at radius 3 is 2.28 bits per heavy atom. The minimum atomic E-state index is -5.59. The zero-order valence-corrected chi connectivity index (χ0v) is 21.9. The summed E-state index contributed by atoms with van der Waals surface area (Å²) in [5, 5.41) is 0.916. The third kappa shape index (κ3) is 6.47. The van der Waals surface area contributed by atoms with E-state index in [0.717, 1.165) is 27.8 Å². The lowest BCUT2D eigenvalue weighted by Crippen LogP contribution is -2.40. The molecule has 2 aromatic carbocycles.